The average molecular weight is 203 g/mol. The van der Waals surface area contributed by atoms with E-state index in [9.17, 15) is 9.18 Å². The van der Waals surface area contributed by atoms with Crippen molar-refractivity contribution in [3.05, 3.63) is 34.6 Å². The van der Waals surface area contributed by atoms with Gasteiger partial charge in [-0.15, -0.1) is 0 Å². The van der Waals surface area contributed by atoms with Crippen molar-refractivity contribution < 1.29 is 14.3 Å². The standard InChI is InChI=1S/C9H8ClFO2/c1-5(12)9(13)7-4-6(10)2-3-8(7)11/h2-5,12H,1H3. The molecule has 0 aliphatic carbocycles. The van der Waals surface area contributed by atoms with Crippen molar-refractivity contribution in [2.24, 2.45) is 0 Å². The fourth-order valence-corrected chi connectivity index (χ4v) is 1.08. The minimum absolute atomic E-state index is 0.178. The minimum Gasteiger partial charge on any atom is -0.385 e. The molecule has 0 radical (unpaired) electrons. The maximum absolute atomic E-state index is 13.0. The molecule has 1 rings (SSSR count). The van der Waals surface area contributed by atoms with Crippen molar-refractivity contribution in [1.29, 1.82) is 0 Å². The van der Waals surface area contributed by atoms with Crippen molar-refractivity contribution in [3.63, 3.8) is 0 Å². The van der Waals surface area contributed by atoms with Gasteiger partial charge in [-0.05, 0) is 25.1 Å². The Kier molecular flexibility index (Phi) is 3.01. The molecule has 70 valence electrons. The predicted octanol–water partition coefficient (Wildman–Crippen LogP) is 2.04. The average Bonchev–Trinajstić information content (AvgIpc) is 2.08. The van der Waals surface area contributed by atoms with Crippen LogP contribution in [0.5, 0.6) is 0 Å². The van der Waals surface area contributed by atoms with E-state index in [0.29, 0.717) is 0 Å². The van der Waals surface area contributed by atoms with Crippen LogP contribution < -0.4 is 0 Å². The Morgan fingerprint density at radius 1 is 1.62 bits per heavy atom. The topological polar surface area (TPSA) is 37.3 Å². The lowest BCUT2D eigenvalue weighted by molar-refractivity contribution is 0.0775. The molecule has 0 saturated carbocycles. The molecule has 0 aliphatic heterocycles. The van der Waals surface area contributed by atoms with Crippen molar-refractivity contribution in [3.8, 4) is 0 Å². The molecule has 1 N–H and O–H groups in total. The van der Waals surface area contributed by atoms with Crippen molar-refractivity contribution in [2.45, 2.75) is 13.0 Å². The predicted molar refractivity (Wildman–Crippen MR) is 47.4 cm³/mol. The molecule has 0 aliphatic rings. The minimum atomic E-state index is -1.21. The van der Waals surface area contributed by atoms with Crippen LogP contribution in [0.15, 0.2) is 18.2 Å². The van der Waals surface area contributed by atoms with Gasteiger partial charge in [0, 0.05) is 5.02 Å². The molecule has 0 saturated heterocycles. The second kappa shape index (κ2) is 3.85. The lowest BCUT2D eigenvalue weighted by Crippen LogP contribution is -2.17. The molecular formula is C9H8ClFO2. The van der Waals surface area contributed by atoms with Gasteiger partial charge in [-0.25, -0.2) is 4.39 Å². The first-order valence-corrected chi connectivity index (χ1v) is 4.07. The first-order chi connectivity index (χ1) is 6.02. The highest BCUT2D eigenvalue weighted by Gasteiger charge is 2.16. The molecule has 0 amide bonds. The molecule has 0 bridgehead atoms. The monoisotopic (exact) mass is 202 g/mol. The highest BCUT2D eigenvalue weighted by molar-refractivity contribution is 6.31. The van der Waals surface area contributed by atoms with E-state index in [2.05, 4.69) is 0 Å². The third-order valence-corrected chi connectivity index (χ3v) is 1.81. The normalized spacial score (nSPS) is 12.6. The van der Waals surface area contributed by atoms with Gasteiger partial charge in [0.2, 0.25) is 0 Å². The Hall–Kier alpha value is -0.930. The fraction of sp³-hybridized carbons (Fsp3) is 0.222. The molecule has 0 aromatic heterocycles. The molecular weight excluding hydrogens is 195 g/mol. The Balaban J connectivity index is 3.13. The molecule has 1 aromatic rings. The number of benzene rings is 1. The summed E-state index contributed by atoms with van der Waals surface area (Å²) < 4.78 is 13.0. The summed E-state index contributed by atoms with van der Waals surface area (Å²) in [5, 5.41) is 9.20. The molecule has 4 heteroatoms. The molecule has 0 fully saturated rings. The zero-order valence-electron chi connectivity index (χ0n) is 6.92. The largest absolute Gasteiger partial charge is 0.385 e. The molecule has 1 atom stereocenters. The van der Waals surface area contributed by atoms with E-state index in [1.165, 1.54) is 19.1 Å². The van der Waals surface area contributed by atoms with E-state index in [4.69, 9.17) is 16.7 Å². The number of carbonyl (C=O) groups is 1. The highest BCUT2D eigenvalue weighted by Crippen LogP contribution is 2.16. The van der Waals surface area contributed by atoms with Crippen LogP contribution in [-0.2, 0) is 0 Å². The van der Waals surface area contributed by atoms with Gasteiger partial charge in [-0.1, -0.05) is 11.6 Å². The van der Waals surface area contributed by atoms with Gasteiger partial charge < -0.3 is 5.11 Å². The van der Waals surface area contributed by atoms with Gasteiger partial charge in [0.05, 0.1) is 5.56 Å². The van der Waals surface area contributed by atoms with Crippen LogP contribution in [-0.4, -0.2) is 17.0 Å². The van der Waals surface area contributed by atoms with Crippen molar-refractivity contribution in [1.82, 2.24) is 0 Å². The van der Waals surface area contributed by atoms with Crippen LogP contribution in [0.3, 0.4) is 0 Å². The second-order valence-electron chi connectivity index (χ2n) is 2.66. The van der Waals surface area contributed by atoms with Crippen molar-refractivity contribution in [2.75, 3.05) is 0 Å². The molecule has 13 heavy (non-hydrogen) atoms. The Labute approximate surface area is 80.0 Å². The summed E-state index contributed by atoms with van der Waals surface area (Å²) in [5.74, 6) is -1.34. The van der Waals surface area contributed by atoms with Gasteiger partial charge in [-0.2, -0.15) is 0 Å². The van der Waals surface area contributed by atoms with E-state index in [-0.39, 0.29) is 10.6 Å². The molecule has 1 aromatic carbocycles. The number of aliphatic hydroxyl groups excluding tert-OH is 1. The summed E-state index contributed by atoms with van der Waals surface area (Å²) in [5.41, 5.74) is -0.178. The maximum Gasteiger partial charge on any atom is 0.193 e. The molecule has 0 spiro atoms. The number of ketones is 1. The highest BCUT2D eigenvalue weighted by atomic mass is 35.5. The number of carbonyl (C=O) groups excluding carboxylic acids is 1. The van der Waals surface area contributed by atoms with Gasteiger partial charge >= 0.3 is 0 Å². The van der Waals surface area contributed by atoms with Gasteiger partial charge in [-0.3, -0.25) is 4.79 Å². The molecule has 1 unspecified atom stereocenters. The summed E-state index contributed by atoms with van der Waals surface area (Å²) in [6, 6.07) is 3.64. The second-order valence-corrected chi connectivity index (χ2v) is 3.10. The van der Waals surface area contributed by atoms with E-state index >= 15 is 0 Å². The zero-order valence-corrected chi connectivity index (χ0v) is 7.68. The molecule has 2 nitrogen and oxygen atoms in total. The quantitative estimate of drug-likeness (QED) is 0.746. The summed E-state index contributed by atoms with van der Waals surface area (Å²) >= 11 is 5.57. The van der Waals surface area contributed by atoms with Gasteiger partial charge in [0.25, 0.3) is 0 Å². The fourth-order valence-electron chi connectivity index (χ4n) is 0.911. The molecule has 0 heterocycles. The number of halogens is 2. The lowest BCUT2D eigenvalue weighted by atomic mass is 10.1. The van der Waals surface area contributed by atoms with Gasteiger partial charge in [0.15, 0.2) is 5.78 Å². The summed E-state index contributed by atoms with van der Waals surface area (Å²) in [4.78, 5) is 11.2. The van der Waals surface area contributed by atoms with Crippen molar-refractivity contribution >= 4 is 17.4 Å². The van der Waals surface area contributed by atoms with Crippen LogP contribution in [0.2, 0.25) is 5.02 Å². The van der Waals surface area contributed by atoms with Crippen LogP contribution in [0.1, 0.15) is 17.3 Å². The summed E-state index contributed by atoms with van der Waals surface area (Å²) in [7, 11) is 0. The first-order valence-electron chi connectivity index (χ1n) is 3.69. The van der Waals surface area contributed by atoms with Crippen LogP contribution in [0, 0.1) is 5.82 Å². The first kappa shape index (κ1) is 10.2. The van der Waals surface area contributed by atoms with E-state index in [1.54, 1.807) is 0 Å². The number of rotatable bonds is 2. The van der Waals surface area contributed by atoms with E-state index in [1.807, 2.05) is 0 Å². The zero-order chi connectivity index (χ0) is 10.0. The Bertz CT molecular complexity index is 336. The van der Waals surface area contributed by atoms with Crippen LogP contribution in [0.25, 0.3) is 0 Å². The number of Topliss-reactive ketones (excluding diaryl/α,β-unsaturated/α-hetero) is 1. The van der Waals surface area contributed by atoms with Crippen LogP contribution >= 0.6 is 11.6 Å². The number of hydrogen-bond donors (Lipinski definition) is 1. The Morgan fingerprint density at radius 2 is 2.23 bits per heavy atom. The smallest absolute Gasteiger partial charge is 0.193 e. The number of hydrogen-bond acceptors (Lipinski definition) is 2. The SMILES string of the molecule is CC(O)C(=O)c1cc(Cl)ccc1F. The number of aliphatic hydroxyl groups is 1. The van der Waals surface area contributed by atoms with E-state index in [0.717, 1.165) is 6.07 Å². The lowest BCUT2D eigenvalue weighted by Gasteiger charge is -2.04. The third kappa shape index (κ3) is 2.26. The maximum atomic E-state index is 13.0. The summed E-state index contributed by atoms with van der Waals surface area (Å²) in [6.45, 7) is 1.28. The third-order valence-electron chi connectivity index (χ3n) is 1.57. The van der Waals surface area contributed by atoms with Crippen LogP contribution in [0.4, 0.5) is 4.39 Å². The Morgan fingerprint density at radius 3 is 2.77 bits per heavy atom. The van der Waals surface area contributed by atoms with E-state index < -0.39 is 17.7 Å². The van der Waals surface area contributed by atoms with Gasteiger partial charge in [0.1, 0.15) is 11.9 Å². The summed E-state index contributed by atoms with van der Waals surface area (Å²) in [6.07, 6.45) is -1.21.